The SMILES string of the molecule is CCCCC(Sc1nc(C)c(Cc2ccc(F)cc2)c(=O)n1C)C(=O)NCCN1CCCC1. The molecule has 3 rings (SSSR count). The lowest BCUT2D eigenvalue weighted by molar-refractivity contribution is -0.120. The summed E-state index contributed by atoms with van der Waals surface area (Å²) in [5, 5.41) is 3.35. The molecule has 8 heteroatoms. The molecule has 1 amide bonds. The van der Waals surface area contributed by atoms with Gasteiger partial charge in [0.25, 0.3) is 5.56 Å². The van der Waals surface area contributed by atoms with Gasteiger partial charge in [-0.25, -0.2) is 9.37 Å². The number of halogens is 1. The molecule has 1 fully saturated rings. The van der Waals surface area contributed by atoms with Gasteiger partial charge in [-0.15, -0.1) is 0 Å². The Morgan fingerprint density at radius 3 is 2.61 bits per heavy atom. The second-order valence-electron chi connectivity index (χ2n) is 8.71. The minimum Gasteiger partial charge on any atom is -0.354 e. The van der Waals surface area contributed by atoms with Crippen LogP contribution in [0, 0.1) is 12.7 Å². The highest BCUT2D eigenvalue weighted by Gasteiger charge is 2.23. The van der Waals surface area contributed by atoms with Crippen molar-refractivity contribution in [1.29, 1.82) is 0 Å². The van der Waals surface area contributed by atoms with Crippen LogP contribution >= 0.6 is 11.8 Å². The number of aromatic nitrogens is 2. The maximum absolute atomic E-state index is 13.2. The van der Waals surface area contributed by atoms with Crippen molar-refractivity contribution in [2.75, 3.05) is 26.2 Å². The maximum atomic E-state index is 13.2. The van der Waals surface area contributed by atoms with E-state index in [2.05, 4.69) is 22.1 Å². The lowest BCUT2D eigenvalue weighted by Gasteiger charge is -2.20. The van der Waals surface area contributed by atoms with Gasteiger partial charge in [-0.1, -0.05) is 43.7 Å². The van der Waals surface area contributed by atoms with Crippen molar-refractivity contribution in [2.24, 2.45) is 7.05 Å². The molecule has 1 aliphatic rings. The average Bonchev–Trinajstić information content (AvgIpc) is 3.32. The summed E-state index contributed by atoms with van der Waals surface area (Å²) < 4.78 is 14.8. The Bertz CT molecular complexity index is 987. The number of rotatable bonds is 11. The monoisotopic (exact) mass is 474 g/mol. The van der Waals surface area contributed by atoms with Gasteiger partial charge in [0.05, 0.1) is 5.25 Å². The van der Waals surface area contributed by atoms with Crippen molar-refractivity contribution in [3.05, 3.63) is 57.3 Å². The molecule has 2 aromatic rings. The Morgan fingerprint density at radius 2 is 1.94 bits per heavy atom. The van der Waals surface area contributed by atoms with Crippen LogP contribution in [-0.2, 0) is 18.3 Å². The first kappa shape index (κ1) is 25.4. The smallest absolute Gasteiger partial charge is 0.257 e. The van der Waals surface area contributed by atoms with Gasteiger partial charge in [-0.3, -0.25) is 14.2 Å². The fraction of sp³-hybridized carbons (Fsp3) is 0.560. The van der Waals surface area contributed by atoms with Gasteiger partial charge >= 0.3 is 0 Å². The zero-order valence-corrected chi connectivity index (χ0v) is 20.7. The van der Waals surface area contributed by atoms with Crippen LogP contribution in [0.1, 0.15) is 55.8 Å². The highest BCUT2D eigenvalue weighted by molar-refractivity contribution is 8.00. The fourth-order valence-corrected chi connectivity index (χ4v) is 5.22. The summed E-state index contributed by atoms with van der Waals surface area (Å²) in [7, 11) is 1.70. The van der Waals surface area contributed by atoms with Crippen LogP contribution in [0.5, 0.6) is 0 Å². The molecule has 0 aliphatic carbocycles. The molecule has 1 atom stereocenters. The van der Waals surface area contributed by atoms with E-state index in [0.717, 1.165) is 44.5 Å². The van der Waals surface area contributed by atoms with E-state index in [0.29, 0.717) is 29.4 Å². The zero-order valence-electron chi connectivity index (χ0n) is 19.9. The summed E-state index contributed by atoms with van der Waals surface area (Å²) >= 11 is 1.37. The zero-order chi connectivity index (χ0) is 23.8. The summed E-state index contributed by atoms with van der Waals surface area (Å²) in [6.07, 6.45) is 5.54. The molecule has 0 saturated carbocycles. The highest BCUT2D eigenvalue weighted by Crippen LogP contribution is 2.25. The van der Waals surface area contributed by atoms with Crippen molar-refractivity contribution in [2.45, 2.75) is 62.8 Å². The molecule has 0 radical (unpaired) electrons. The molecule has 1 saturated heterocycles. The molecule has 0 spiro atoms. The lowest BCUT2D eigenvalue weighted by Crippen LogP contribution is -2.38. The van der Waals surface area contributed by atoms with E-state index >= 15 is 0 Å². The Morgan fingerprint density at radius 1 is 1.24 bits per heavy atom. The van der Waals surface area contributed by atoms with E-state index in [1.807, 2.05) is 6.92 Å². The molecular formula is C25H35FN4O2S. The first-order chi connectivity index (χ1) is 15.9. The molecule has 1 aromatic heterocycles. The largest absolute Gasteiger partial charge is 0.354 e. The third-order valence-electron chi connectivity index (χ3n) is 6.13. The number of amides is 1. The number of carbonyl (C=O) groups is 1. The van der Waals surface area contributed by atoms with Crippen molar-refractivity contribution in [3.8, 4) is 0 Å². The molecule has 33 heavy (non-hydrogen) atoms. The van der Waals surface area contributed by atoms with Crippen molar-refractivity contribution in [1.82, 2.24) is 19.8 Å². The number of nitrogens with zero attached hydrogens (tertiary/aromatic N) is 3. The molecular weight excluding hydrogens is 439 g/mol. The standard InChI is InChI=1S/C25H35FN4O2S/c1-4-5-8-22(23(31)27-13-16-30-14-6-7-15-30)33-25-28-18(2)21(24(32)29(25)3)17-19-9-11-20(26)12-10-19/h9-12,22H,4-8,13-17H2,1-3H3,(H,27,31). The van der Waals surface area contributed by atoms with Crippen LogP contribution in [0.3, 0.4) is 0 Å². The van der Waals surface area contributed by atoms with Gasteiger partial charge in [0.1, 0.15) is 5.82 Å². The quantitative estimate of drug-likeness (QED) is 0.398. The number of hydrogen-bond acceptors (Lipinski definition) is 5. The second kappa shape index (κ2) is 12.3. The Kier molecular flexibility index (Phi) is 9.50. The van der Waals surface area contributed by atoms with Crippen LogP contribution in [-0.4, -0.2) is 51.8 Å². The molecule has 180 valence electrons. The van der Waals surface area contributed by atoms with Crippen LogP contribution < -0.4 is 10.9 Å². The predicted octanol–water partition coefficient (Wildman–Crippen LogP) is 3.68. The van der Waals surface area contributed by atoms with E-state index in [9.17, 15) is 14.0 Å². The first-order valence-corrected chi connectivity index (χ1v) is 12.7. The van der Waals surface area contributed by atoms with Gasteiger partial charge < -0.3 is 10.2 Å². The summed E-state index contributed by atoms with van der Waals surface area (Å²) in [6.45, 7) is 7.67. The van der Waals surface area contributed by atoms with Gasteiger partial charge in [0, 0.05) is 37.8 Å². The van der Waals surface area contributed by atoms with Crippen LogP contribution in [0.15, 0.2) is 34.2 Å². The predicted molar refractivity (Wildman–Crippen MR) is 131 cm³/mol. The summed E-state index contributed by atoms with van der Waals surface area (Å²) in [4.78, 5) is 33.1. The average molecular weight is 475 g/mol. The maximum Gasteiger partial charge on any atom is 0.257 e. The Balaban J connectivity index is 1.71. The second-order valence-corrected chi connectivity index (χ2v) is 9.88. The lowest BCUT2D eigenvalue weighted by atomic mass is 10.1. The normalized spacial score (nSPS) is 15.0. The molecule has 1 aromatic carbocycles. The minimum atomic E-state index is -0.301. The van der Waals surface area contributed by atoms with Crippen LogP contribution in [0.25, 0.3) is 0 Å². The van der Waals surface area contributed by atoms with Crippen molar-refractivity contribution in [3.63, 3.8) is 0 Å². The summed E-state index contributed by atoms with van der Waals surface area (Å²) in [5.41, 5.74) is 1.97. The van der Waals surface area contributed by atoms with Crippen molar-refractivity contribution >= 4 is 17.7 Å². The van der Waals surface area contributed by atoms with Gasteiger partial charge in [0.15, 0.2) is 5.16 Å². The van der Waals surface area contributed by atoms with Gasteiger partial charge in [-0.2, -0.15) is 0 Å². The Hall–Kier alpha value is -2.19. The third kappa shape index (κ3) is 7.14. The summed E-state index contributed by atoms with van der Waals surface area (Å²) in [6, 6.07) is 6.16. The van der Waals surface area contributed by atoms with E-state index in [1.165, 1.54) is 41.3 Å². The van der Waals surface area contributed by atoms with Crippen LogP contribution in [0.2, 0.25) is 0 Å². The molecule has 1 unspecified atom stereocenters. The van der Waals surface area contributed by atoms with E-state index in [1.54, 1.807) is 19.2 Å². The van der Waals surface area contributed by atoms with Gasteiger partial charge in [0.2, 0.25) is 5.91 Å². The molecule has 1 aliphatic heterocycles. The molecule has 1 N–H and O–H groups in total. The fourth-order valence-electron chi connectivity index (χ4n) is 4.06. The highest BCUT2D eigenvalue weighted by atomic mass is 32.2. The number of benzene rings is 1. The summed E-state index contributed by atoms with van der Waals surface area (Å²) in [5.74, 6) is -0.292. The van der Waals surface area contributed by atoms with Gasteiger partial charge in [-0.05, 0) is 57.0 Å². The number of hydrogen-bond donors (Lipinski definition) is 1. The van der Waals surface area contributed by atoms with E-state index in [-0.39, 0.29) is 22.5 Å². The molecule has 0 bridgehead atoms. The van der Waals surface area contributed by atoms with Crippen LogP contribution in [0.4, 0.5) is 4.39 Å². The molecule has 2 heterocycles. The Labute approximate surface area is 200 Å². The first-order valence-electron chi connectivity index (χ1n) is 11.9. The molecule has 6 nitrogen and oxygen atoms in total. The third-order valence-corrected chi connectivity index (χ3v) is 7.44. The number of nitrogens with one attached hydrogen (secondary N) is 1. The van der Waals surface area contributed by atoms with E-state index < -0.39 is 0 Å². The van der Waals surface area contributed by atoms with Crippen molar-refractivity contribution < 1.29 is 9.18 Å². The number of unbranched alkanes of at least 4 members (excludes halogenated alkanes) is 1. The topological polar surface area (TPSA) is 67.2 Å². The van der Waals surface area contributed by atoms with E-state index in [4.69, 9.17) is 0 Å². The number of thioether (sulfide) groups is 1. The minimum absolute atomic E-state index is 0.00920. The number of carbonyl (C=O) groups excluding carboxylic acids is 1. The number of aryl methyl sites for hydroxylation is 1. The number of likely N-dealkylation sites (tertiary alicyclic amines) is 1.